The van der Waals surface area contributed by atoms with Gasteiger partial charge in [-0.05, 0) is 23.9 Å². The van der Waals surface area contributed by atoms with E-state index in [0.717, 1.165) is 34.7 Å². The minimum Gasteiger partial charge on any atom is -0.368 e. The van der Waals surface area contributed by atoms with E-state index in [1.165, 1.54) is 0 Å². The number of hydrogen-bond donors (Lipinski definition) is 2. The van der Waals surface area contributed by atoms with E-state index in [9.17, 15) is 0 Å². The minimum atomic E-state index is 0.299. The molecule has 0 fully saturated rings. The zero-order valence-corrected chi connectivity index (χ0v) is 11.3. The number of nitrogens with two attached hydrogens (primary N) is 1. The van der Waals surface area contributed by atoms with Crippen LogP contribution in [-0.4, -0.2) is 26.3 Å². The van der Waals surface area contributed by atoms with Crippen LogP contribution in [0.1, 0.15) is 5.56 Å². The van der Waals surface area contributed by atoms with Crippen LogP contribution in [0.4, 0.5) is 11.8 Å². The standard InChI is InChI=1S/C12H14N6S/c1-8-6-15-18(7-8)4-3-14-10-9-2-5-19-11(9)17-12(13)16-10/h2,5-7H,3-4H2,1H3,(H3,13,14,16,17). The van der Waals surface area contributed by atoms with Crippen molar-refractivity contribution in [1.29, 1.82) is 0 Å². The summed E-state index contributed by atoms with van der Waals surface area (Å²) in [5, 5.41) is 10.5. The largest absolute Gasteiger partial charge is 0.368 e. The number of rotatable bonds is 4. The Kier molecular flexibility index (Phi) is 3.04. The van der Waals surface area contributed by atoms with Gasteiger partial charge in [-0.3, -0.25) is 4.68 Å². The number of aromatic nitrogens is 4. The fourth-order valence-electron chi connectivity index (χ4n) is 1.88. The second-order valence-corrected chi connectivity index (χ2v) is 5.17. The molecule has 3 aromatic heterocycles. The predicted octanol–water partition coefficient (Wildman–Crippen LogP) is 1.89. The van der Waals surface area contributed by atoms with Gasteiger partial charge in [0.25, 0.3) is 0 Å². The van der Waals surface area contributed by atoms with Crippen molar-refractivity contribution >= 4 is 33.3 Å². The van der Waals surface area contributed by atoms with Gasteiger partial charge in [0.05, 0.1) is 18.1 Å². The van der Waals surface area contributed by atoms with Crippen LogP contribution >= 0.6 is 11.3 Å². The SMILES string of the molecule is Cc1cnn(CCNc2nc(N)nc3sccc23)c1. The Morgan fingerprint density at radius 3 is 3.11 bits per heavy atom. The van der Waals surface area contributed by atoms with Gasteiger partial charge >= 0.3 is 0 Å². The molecule has 7 heteroatoms. The third-order valence-electron chi connectivity index (χ3n) is 2.74. The van der Waals surface area contributed by atoms with Crippen LogP contribution in [0.3, 0.4) is 0 Å². The molecule has 0 bridgehead atoms. The molecular weight excluding hydrogens is 260 g/mol. The summed E-state index contributed by atoms with van der Waals surface area (Å²) in [4.78, 5) is 9.34. The van der Waals surface area contributed by atoms with Crippen LogP contribution in [-0.2, 0) is 6.54 Å². The predicted molar refractivity (Wildman–Crippen MR) is 77.3 cm³/mol. The van der Waals surface area contributed by atoms with Gasteiger partial charge in [-0.15, -0.1) is 11.3 Å². The van der Waals surface area contributed by atoms with Crippen molar-refractivity contribution in [3.8, 4) is 0 Å². The molecule has 0 aliphatic rings. The van der Waals surface area contributed by atoms with Crippen molar-refractivity contribution in [2.75, 3.05) is 17.6 Å². The van der Waals surface area contributed by atoms with Crippen LogP contribution in [0.25, 0.3) is 10.2 Å². The zero-order valence-electron chi connectivity index (χ0n) is 10.5. The molecule has 0 saturated carbocycles. The van der Waals surface area contributed by atoms with Crippen LogP contribution in [0, 0.1) is 6.92 Å². The maximum Gasteiger partial charge on any atom is 0.223 e. The molecule has 0 aliphatic heterocycles. The van der Waals surface area contributed by atoms with E-state index >= 15 is 0 Å². The Balaban J connectivity index is 1.73. The molecule has 0 aromatic carbocycles. The summed E-state index contributed by atoms with van der Waals surface area (Å²) in [6.45, 7) is 3.54. The molecule has 98 valence electrons. The number of aryl methyl sites for hydroxylation is 1. The average molecular weight is 274 g/mol. The fourth-order valence-corrected chi connectivity index (χ4v) is 2.66. The van der Waals surface area contributed by atoms with Crippen molar-refractivity contribution in [2.24, 2.45) is 0 Å². The quantitative estimate of drug-likeness (QED) is 0.759. The summed E-state index contributed by atoms with van der Waals surface area (Å²) in [5.74, 6) is 1.08. The first-order valence-electron chi connectivity index (χ1n) is 5.96. The Hall–Kier alpha value is -2.15. The molecule has 0 aliphatic carbocycles. The lowest BCUT2D eigenvalue weighted by atomic mass is 10.4. The van der Waals surface area contributed by atoms with Gasteiger partial charge in [-0.25, -0.2) is 4.98 Å². The van der Waals surface area contributed by atoms with Crippen LogP contribution in [0.5, 0.6) is 0 Å². The average Bonchev–Trinajstić information content (AvgIpc) is 2.98. The second-order valence-electron chi connectivity index (χ2n) is 4.28. The summed E-state index contributed by atoms with van der Waals surface area (Å²) < 4.78 is 1.90. The monoisotopic (exact) mass is 274 g/mol. The van der Waals surface area contributed by atoms with Crippen LogP contribution < -0.4 is 11.1 Å². The maximum absolute atomic E-state index is 5.70. The summed E-state index contributed by atoms with van der Waals surface area (Å²) in [5.41, 5.74) is 6.86. The molecule has 3 N–H and O–H groups in total. The molecule has 0 amide bonds. The zero-order chi connectivity index (χ0) is 13.2. The highest BCUT2D eigenvalue weighted by Crippen LogP contribution is 2.25. The topological polar surface area (TPSA) is 81.7 Å². The van der Waals surface area contributed by atoms with Crippen molar-refractivity contribution in [2.45, 2.75) is 13.5 Å². The molecule has 3 rings (SSSR count). The molecule has 0 spiro atoms. The fraction of sp³-hybridized carbons (Fsp3) is 0.250. The summed E-state index contributed by atoms with van der Waals surface area (Å²) in [6.07, 6.45) is 3.86. The van der Waals surface area contributed by atoms with Gasteiger partial charge in [-0.2, -0.15) is 10.1 Å². The van der Waals surface area contributed by atoms with Crippen molar-refractivity contribution < 1.29 is 0 Å². The number of nitrogen functional groups attached to an aromatic ring is 1. The van der Waals surface area contributed by atoms with Crippen molar-refractivity contribution in [1.82, 2.24) is 19.7 Å². The van der Waals surface area contributed by atoms with Gasteiger partial charge in [0, 0.05) is 12.7 Å². The van der Waals surface area contributed by atoms with E-state index in [2.05, 4.69) is 20.4 Å². The first kappa shape index (κ1) is 11.9. The van der Waals surface area contributed by atoms with Gasteiger partial charge in [-0.1, -0.05) is 0 Å². The summed E-state index contributed by atoms with van der Waals surface area (Å²) in [7, 11) is 0. The van der Waals surface area contributed by atoms with Gasteiger partial charge in [0.2, 0.25) is 5.95 Å². The minimum absolute atomic E-state index is 0.299. The molecular formula is C12H14N6S. The molecule has 19 heavy (non-hydrogen) atoms. The van der Waals surface area contributed by atoms with Gasteiger partial charge in [0.15, 0.2) is 0 Å². The normalized spacial score (nSPS) is 11.0. The third-order valence-corrected chi connectivity index (χ3v) is 3.54. The van der Waals surface area contributed by atoms with Crippen LogP contribution in [0.2, 0.25) is 0 Å². The molecule has 0 saturated heterocycles. The molecule has 6 nitrogen and oxygen atoms in total. The maximum atomic E-state index is 5.70. The lowest BCUT2D eigenvalue weighted by molar-refractivity contribution is 0.637. The third kappa shape index (κ3) is 2.50. The smallest absolute Gasteiger partial charge is 0.223 e. The molecule has 0 radical (unpaired) electrons. The highest BCUT2D eigenvalue weighted by atomic mass is 32.1. The summed E-state index contributed by atoms with van der Waals surface area (Å²) in [6, 6.07) is 2.00. The summed E-state index contributed by atoms with van der Waals surface area (Å²) >= 11 is 1.56. The number of nitrogens with zero attached hydrogens (tertiary/aromatic N) is 4. The van der Waals surface area contributed by atoms with E-state index in [4.69, 9.17) is 5.73 Å². The number of fused-ring (bicyclic) bond motifs is 1. The van der Waals surface area contributed by atoms with E-state index < -0.39 is 0 Å². The molecule has 3 aromatic rings. The first-order chi connectivity index (χ1) is 9.22. The molecule has 0 atom stereocenters. The molecule has 0 unspecified atom stereocenters. The lowest BCUT2D eigenvalue weighted by Gasteiger charge is -2.07. The Morgan fingerprint density at radius 1 is 1.42 bits per heavy atom. The Labute approximate surface area is 114 Å². The van der Waals surface area contributed by atoms with E-state index in [0.29, 0.717) is 5.95 Å². The van der Waals surface area contributed by atoms with Gasteiger partial charge in [0.1, 0.15) is 10.6 Å². The van der Waals surface area contributed by atoms with Crippen molar-refractivity contribution in [3.05, 3.63) is 29.4 Å². The van der Waals surface area contributed by atoms with Gasteiger partial charge < -0.3 is 11.1 Å². The Bertz CT molecular complexity index is 701. The highest BCUT2D eigenvalue weighted by molar-refractivity contribution is 7.16. The second kappa shape index (κ2) is 4.85. The van der Waals surface area contributed by atoms with E-state index in [-0.39, 0.29) is 0 Å². The number of anilines is 2. The molecule has 3 heterocycles. The van der Waals surface area contributed by atoms with E-state index in [1.807, 2.05) is 35.4 Å². The van der Waals surface area contributed by atoms with E-state index in [1.54, 1.807) is 11.3 Å². The number of hydrogen-bond acceptors (Lipinski definition) is 6. The highest BCUT2D eigenvalue weighted by Gasteiger charge is 2.06. The Morgan fingerprint density at radius 2 is 2.32 bits per heavy atom. The lowest BCUT2D eigenvalue weighted by Crippen LogP contribution is -2.12. The number of nitrogens with one attached hydrogen (secondary N) is 1. The number of thiophene rings is 1. The van der Waals surface area contributed by atoms with Crippen LogP contribution in [0.15, 0.2) is 23.8 Å². The first-order valence-corrected chi connectivity index (χ1v) is 6.84. The van der Waals surface area contributed by atoms with Crippen molar-refractivity contribution in [3.63, 3.8) is 0 Å².